The number of anilines is 1. The first kappa shape index (κ1) is 21.9. The van der Waals surface area contributed by atoms with Gasteiger partial charge in [0.2, 0.25) is 17.0 Å². The summed E-state index contributed by atoms with van der Waals surface area (Å²) in [5, 5.41) is 14.2. The lowest BCUT2D eigenvalue weighted by Crippen LogP contribution is -2.14. The molecule has 0 spiro atoms. The number of para-hydroxylation sites is 1. The number of aromatic amines is 1. The van der Waals surface area contributed by atoms with E-state index in [-0.39, 0.29) is 18.7 Å². The van der Waals surface area contributed by atoms with Crippen LogP contribution < -0.4 is 5.32 Å². The van der Waals surface area contributed by atoms with Crippen molar-refractivity contribution >= 4 is 35.0 Å². The van der Waals surface area contributed by atoms with Gasteiger partial charge in [0, 0.05) is 23.4 Å². The molecule has 0 aliphatic carbocycles. The maximum Gasteiger partial charge on any atom is 0.227 e. The Balaban J connectivity index is 1.27. The summed E-state index contributed by atoms with van der Waals surface area (Å²) in [4.78, 5) is 20.6. The number of benzene rings is 2. The molecule has 8 nitrogen and oxygen atoms in total. The summed E-state index contributed by atoms with van der Waals surface area (Å²) in [6.07, 6.45) is 0.0505. The SMILES string of the molecule is O=C(CCc1nc(CSc2n[nH]c(-c3ccc(Cl)cc3)n2)no1)Nc1c(F)cccc1F. The Kier molecular flexibility index (Phi) is 6.76. The Morgan fingerprint density at radius 3 is 2.62 bits per heavy atom. The maximum absolute atomic E-state index is 13.6. The molecule has 2 aromatic carbocycles. The Labute approximate surface area is 189 Å². The largest absolute Gasteiger partial charge is 0.339 e. The molecule has 0 aliphatic heterocycles. The third-order valence-electron chi connectivity index (χ3n) is 4.22. The molecule has 0 atom stereocenters. The number of thioether (sulfide) groups is 1. The van der Waals surface area contributed by atoms with E-state index in [2.05, 4.69) is 30.6 Å². The normalized spacial score (nSPS) is 11.0. The maximum atomic E-state index is 13.6. The van der Waals surface area contributed by atoms with E-state index in [1.165, 1.54) is 17.8 Å². The molecule has 0 saturated carbocycles. The van der Waals surface area contributed by atoms with Gasteiger partial charge in [0.15, 0.2) is 11.6 Å². The first-order valence-corrected chi connectivity index (χ1v) is 10.7. The number of hydrogen-bond donors (Lipinski definition) is 2. The number of carbonyl (C=O) groups excluding carboxylic acids is 1. The molecule has 0 saturated heterocycles. The topological polar surface area (TPSA) is 110 Å². The van der Waals surface area contributed by atoms with Gasteiger partial charge in [-0.3, -0.25) is 9.89 Å². The molecule has 12 heteroatoms. The molecule has 0 radical (unpaired) electrons. The zero-order chi connectivity index (χ0) is 22.5. The van der Waals surface area contributed by atoms with Gasteiger partial charge < -0.3 is 9.84 Å². The second-order valence-corrected chi connectivity index (χ2v) is 7.89. The molecule has 2 N–H and O–H groups in total. The number of aromatic nitrogens is 5. The van der Waals surface area contributed by atoms with Crippen LogP contribution in [0.15, 0.2) is 52.1 Å². The van der Waals surface area contributed by atoms with Gasteiger partial charge in [-0.05, 0) is 36.4 Å². The van der Waals surface area contributed by atoms with Crippen LogP contribution in [0.5, 0.6) is 0 Å². The third-order valence-corrected chi connectivity index (χ3v) is 5.31. The van der Waals surface area contributed by atoms with Crippen LogP contribution in [0.1, 0.15) is 18.1 Å². The summed E-state index contributed by atoms with van der Waals surface area (Å²) in [7, 11) is 0. The number of aryl methyl sites for hydroxylation is 1. The van der Waals surface area contributed by atoms with Crippen LogP contribution in [0.3, 0.4) is 0 Å². The molecule has 4 rings (SSSR count). The first-order chi connectivity index (χ1) is 15.5. The monoisotopic (exact) mass is 476 g/mol. The zero-order valence-electron chi connectivity index (χ0n) is 16.3. The number of H-pyrrole nitrogens is 1. The first-order valence-electron chi connectivity index (χ1n) is 9.34. The number of amides is 1. The Morgan fingerprint density at radius 2 is 1.88 bits per heavy atom. The minimum Gasteiger partial charge on any atom is -0.339 e. The molecule has 164 valence electrons. The molecule has 32 heavy (non-hydrogen) atoms. The van der Waals surface area contributed by atoms with Crippen LogP contribution >= 0.6 is 23.4 Å². The van der Waals surface area contributed by atoms with E-state index in [1.807, 2.05) is 12.1 Å². The molecular formula is C20H15ClF2N6O2S. The van der Waals surface area contributed by atoms with Crippen molar-refractivity contribution in [3.05, 3.63) is 70.8 Å². The summed E-state index contributed by atoms with van der Waals surface area (Å²) in [6.45, 7) is 0. The Bertz CT molecular complexity index is 1210. The summed E-state index contributed by atoms with van der Waals surface area (Å²) < 4.78 is 32.3. The van der Waals surface area contributed by atoms with Crippen LogP contribution in [-0.2, 0) is 17.0 Å². The average Bonchev–Trinajstić information content (AvgIpc) is 3.44. The van der Waals surface area contributed by atoms with Gasteiger partial charge in [-0.2, -0.15) is 4.98 Å². The van der Waals surface area contributed by atoms with Gasteiger partial charge >= 0.3 is 0 Å². The van der Waals surface area contributed by atoms with Crippen LogP contribution in [0.4, 0.5) is 14.5 Å². The molecule has 1 amide bonds. The number of nitrogens with zero attached hydrogens (tertiary/aromatic N) is 4. The minimum absolute atomic E-state index is 0.0755. The van der Waals surface area contributed by atoms with E-state index in [9.17, 15) is 13.6 Å². The van der Waals surface area contributed by atoms with Crippen molar-refractivity contribution < 1.29 is 18.1 Å². The molecule has 0 aliphatic rings. The van der Waals surface area contributed by atoms with Crippen molar-refractivity contribution in [2.75, 3.05) is 5.32 Å². The van der Waals surface area contributed by atoms with E-state index in [0.717, 1.165) is 17.7 Å². The van der Waals surface area contributed by atoms with Gasteiger partial charge in [0.1, 0.15) is 17.3 Å². The van der Waals surface area contributed by atoms with Crippen LogP contribution in [0.2, 0.25) is 5.02 Å². The number of nitrogens with one attached hydrogen (secondary N) is 2. The van der Waals surface area contributed by atoms with E-state index in [1.54, 1.807) is 12.1 Å². The highest BCUT2D eigenvalue weighted by molar-refractivity contribution is 7.98. The average molecular weight is 477 g/mol. The highest BCUT2D eigenvalue weighted by Crippen LogP contribution is 2.23. The molecule has 2 aromatic heterocycles. The summed E-state index contributed by atoms with van der Waals surface area (Å²) in [6, 6.07) is 10.5. The van der Waals surface area contributed by atoms with Crippen LogP contribution in [-0.4, -0.2) is 31.2 Å². The van der Waals surface area contributed by atoms with Crippen LogP contribution in [0.25, 0.3) is 11.4 Å². The van der Waals surface area contributed by atoms with Gasteiger partial charge in [-0.1, -0.05) is 34.6 Å². The van der Waals surface area contributed by atoms with Gasteiger partial charge in [-0.15, -0.1) is 5.10 Å². The molecule has 0 fully saturated rings. The fraction of sp³-hybridized carbons (Fsp3) is 0.150. The second kappa shape index (κ2) is 9.88. The number of halogens is 3. The number of carbonyl (C=O) groups is 1. The minimum atomic E-state index is -0.846. The Hall–Kier alpha value is -3.31. The van der Waals surface area contributed by atoms with E-state index < -0.39 is 23.2 Å². The highest BCUT2D eigenvalue weighted by Gasteiger charge is 2.14. The van der Waals surface area contributed by atoms with Crippen molar-refractivity contribution in [3.8, 4) is 11.4 Å². The van der Waals surface area contributed by atoms with Crippen molar-refractivity contribution in [2.45, 2.75) is 23.8 Å². The lowest BCUT2D eigenvalue weighted by atomic mass is 10.2. The van der Waals surface area contributed by atoms with Crippen molar-refractivity contribution in [2.24, 2.45) is 0 Å². The lowest BCUT2D eigenvalue weighted by molar-refractivity contribution is -0.116. The lowest BCUT2D eigenvalue weighted by Gasteiger charge is -2.06. The zero-order valence-corrected chi connectivity index (χ0v) is 17.9. The summed E-state index contributed by atoms with van der Waals surface area (Å²) >= 11 is 7.19. The molecule has 0 unspecified atom stereocenters. The smallest absolute Gasteiger partial charge is 0.227 e. The summed E-state index contributed by atoms with van der Waals surface area (Å²) in [5.74, 6) is -0.657. The molecule has 4 aromatic rings. The number of rotatable bonds is 8. The van der Waals surface area contributed by atoms with E-state index in [0.29, 0.717) is 27.6 Å². The second-order valence-electron chi connectivity index (χ2n) is 6.51. The standard InChI is InChI=1S/C20H15ClF2N6O2S/c21-12-6-4-11(5-7-12)19-26-20(28-27-19)32-10-15-24-17(31-29-15)9-8-16(30)25-18-13(22)2-1-3-14(18)23/h1-7H,8-10H2,(H,25,30)(H,26,27,28). The Morgan fingerprint density at radius 1 is 1.12 bits per heavy atom. The summed E-state index contributed by atoms with van der Waals surface area (Å²) in [5.41, 5.74) is 0.369. The predicted molar refractivity (Wildman–Crippen MR) is 114 cm³/mol. The fourth-order valence-corrected chi connectivity index (χ4v) is 3.43. The van der Waals surface area contributed by atoms with Crippen molar-refractivity contribution in [1.29, 1.82) is 0 Å². The van der Waals surface area contributed by atoms with Crippen molar-refractivity contribution in [3.63, 3.8) is 0 Å². The van der Waals surface area contributed by atoms with E-state index >= 15 is 0 Å². The van der Waals surface area contributed by atoms with Crippen molar-refractivity contribution in [1.82, 2.24) is 25.3 Å². The van der Waals surface area contributed by atoms with Gasteiger partial charge in [0.25, 0.3) is 0 Å². The predicted octanol–water partition coefficient (Wildman–Crippen LogP) is 4.65. The molecular weight excluding hydrogens is 462 g/mol. The van der Waals surface area contributed by atoms with Gasteiger partial charge in [0.05, 0.1) is 5.75 Å². The third kappa shape index (κ3) is 5.48. The quantitative estimate of drug-likeness (QED) is 0.356. The highest BCUT2D eigenvalue weighted by atomic mass is 35.5. The van der Waals surface area contributed by atoms with Gasteiger partial charge in [-0.25, -0.2) is 13.8 Å². The van der Waals surface area contributed by atoms with Crippen LogP contribution in [0, 0.1) is 11.6 Å². The fourth-order valence-electron chi connectivity index (χ4n) is 2.67. The number of hydrogen-bond acceptors (Lipinski definition) is 7. The molecule has 0 bridgehead atoms. The molecule has 2 heterocycles. The van der Waals surface area contributed by atoms with E-state index in [4.69, 9.17) is 16.1 Å².